The number of H-pyrrole nitrogens is 2. The number of rotatable bonds is 3. The van der Waals surface area contributed by atoms with Crippen molar-refractivity contribution >= 4 is 16.9 Å². The number of fused-ring (bicyclic) bond motifs is 1. The molecule has 0 aliphatic carbocycles. The number of hydrogen-bond acceptors (Lipinski definition) is 3. The summed E-state index contributed by atoms with van der Waals surface area (Å²) in [5, 5.41) is 9.75. The zero-order valence-corrected chi connectivity index (χ0v) is 10.8. The molecule has 0 radical (unpaired) electrons. The molecule has 1 atom stereocenters. The van der Waals surface area contributed by atoms with Gasteiger partial charge in [-0.3, -0.25) is 4.79 Å². The van der Waals surface area contributed by atoms with Crippen LogP contribution >= 0.6 is 0 Å². The molecular formula is C14H16N4O2. The Kier molecular flexibility index (Phi) is 4.52. The molecule has 0 bridgehead atoms. The van der Waals surface area contributed by atoms with E-state index in [-0.39, 0.29) is 0 Å². The molecule has 0 fully saturated rings. The first-order valence-corrected chi connectivity index (χ1v) is 6.14. The number of benzene rings is 1. The third kappa shape index (κ3) is 3.46. The van der Waals surface area contributed by atoms with E-state index in [9.17, 15) is 4.79 Å². The predicted octanol–water partition coefficient (Wildman–Crippen LogP) is 1.53. The zero-order chi connectivity index (χ0) is 14.4. The van der Waals surface area contributed by atoms with E-state index in [1.54, 1.807) is 18.7 Å². The maximum Gasteiger partial charge on any atom is 0.320 e. The number of nitrogens with two attached hydrogens (primary N) is 1. The number of aromatic nitrogens is 3. The van der Waals surface area contributed by atoms with E-state index in [0.717, 1.165) is 16.5 Å². The van der Waals surface area contributed by atoms with Crippen LogP contribution in [0.5, 0.6) is 0 Å². The van der Waals surface area contributed by atoms with Crippen LogP contribution in [0, 0.1) is 0 Å². The summed E-state index contributed by atoms with van der Waals surface area (Å²) in [4.78, 5) is 20.1. The summed E-state index contributed by atoms with van der Waals surface area (Å²) in [5.41, 5.74) is 7.43. The SMILES string of the molecule is N[C@@H](Cc1c[nH]c2ccccc12)C(=O)O.c1c[nH]cn1. The van der Waals surface area contributed by atoms with Crippen LogP contribution in [0.3, 0.4) is 0 Å². The average Bonchev–Trinajstić information content (AvgIpc) is 3.12. The number of para-hydroxylation sites is 1. The van der Waals surface area contributed by atoms with Crippen LogP contribution in [0.15, 0.2) is 49.2 Å². The van der Waals surface area contributed by atoms with Gasteiger partial charge in [-0.25, -0.2) is 4.98 Å². The monoisotopic (exact) mass is 272 g/mol. The highest BCUT2D eigenvalue weighted by Crippen LogP contribution is 2.18. The van der Waals surface area contributed by atoms with Crippen LogP contribution in [0.1, 0.15) is 5.56 Å². The molecule has 0 aliphatic heterocycles. The summed E-state index contributed by atoms with van der Waals surface area (Å²) in [5.74, 6) is -0.972. The quantitative estimate of drug-likeness (QED) is 0.580. The Morgan fingerprint density at radius 3 is 2.80 bits per heavy atom. The Balaban J connectivity index is 0.000000247. The lowest BCUT2D eigenvalue weighted by atomic mass is 10.1. The maximum absolute atomic E-state index is 10.6. The molecule has 2 aromatic heterocycles. The van der Waals surface area contributed by atoms with Gasteiger partial charge in [-0.1, -0.05) is 18.2 Å². The van der Waals surface area contributed by atoms with Gasteiger partial charge in [0, 0.05) is 35.9 Å². The Bertz CT molecular complexity index is 643. The molecule has 6 heteroatoms. The molecule has 3 aromatic rings. The number of nitrogens with one attached hydrogen (secondary N) is 2. The second-order valence-corrected chi connectivity index (χ2v) is 4.27. The first-order valence-electron chi connectivity index (χ1n) is 6.14. The number of aromatic amines is 2. The number of carboxylic acid groups (broad SMARTS) is 1. The largest absolute Gasteiger partial charge is 0.480 e. The fraction of sp³-hybridized carbons (Fsp3) is 0.143. The Morgan fingerprint density at radius 2 is 2.20 bits per heavy atom. The van der Waals surface area contributed by atoms with Crippen molar-refractivity contribution in [3.8, 4) is 0 Å². The number of carboxylic acids is 1. The van der Waals surface area contributed by atoms with E-state index in [0.29, 0.717) is 6.42 Å². The van der Waals surface area contributed by atoms with Gasteiger partial charge in [0.15, 0.2) is 0 Å². The van der Waals surface area contributed by atoms with Gasteiger partial charge in [-0.2, -0.15) is 0 Å². The number of nitrogens with zero attached hydrogens (tertiary/aromatic N) is 1. The van der Waals surface area contributed by atoms with E-state index < -0.39 is 12.0 Å². The topological polar surface area (TPSA) is 108 Å². The second-order valence-electron chi connectivity index (χ2n) is 4.27. The van der Waals surface area contributed by atoms with Crippen LogP contribution in [0.25, 0.3) is 10.9 Å². The van der Waals surface area contributed by atoms with E-state index >= 15 is 0 Å². The average molecular weight is 272 g/mol. The summed E-state index contributed by atoms with van der Waals surface area (Å²) in [7, 11) is 0. The van der Waals surface area contributed by atoms with Gasteiger partial charge in [0.05, 0.1) is 6.33 Å². The lowest BCUT2D eigenvalue weighted by molar-refractivity contribution is -0.138. The number of aliphatic carboxylic acids is 1. The van der Waals surface area contributed by atoms with Crippen molar-refractivity contribution in [2.24, 2.45) is 5.73 Å². The Morgan fingerprint density at radius 1 is 1.40 bits per heavy atom. The van der Waals surface area contributed by atoms with Gasteiger partial charge in [0.25, 0.3) is 0 Å². The summed E-state index contributed by atoms with van der Waals surface area (Å²) in [6.07, 6.45) is 7.24. The smallest absolute Gasteiger partial charge is 0.320 e. The van der Waals surface area contributed by atoms with Gasteiger partial charge >= 0.3 is 5.97 Å². The van der Waals surface area contributed by atoms with Crippen LogP contribution in [0.2, 0.25) is 0 Å². The van der Waals surface area contributed by atoms with E-state index in [1.807, 2.05) is 30.5 Å². The van der Waals surface area contributed by atoms with Gasteiger partial charge in [0.1, 0.15) is 6.04 Å². The molecule has 0 spiro atoms. The van der Waals surface area contributed by atoms with Crippen molar-refractivity contribution in [3.63, 3.8) is 0 Å². The highest BCUT2D eigenvalue weighted by Gasteiger charge is 2.14. The summed E-state index contributed by atoms with van der Waals surface area (Å²) in [6, 6.07) is 6.91. The fourth-order valence-corrected chi connectivity index (χ4v) is 1.84. The van der Waals surface area contributed by atoms with Crippen molar-refractivity contribution in [1.29, 1.82) is 0 Å². The summed E-state index contributed by atoms with van der Waals surface area (Å²) >= 11 is 0. The van der Waals surface area contributed by atoms with Gasteiger partial charge in [-0.05, 0) is 11.6 Å². The minimum Gasteiger partial charge on any atom is -0.480 e. The number of imidazole rings is 1. The van der Waals surface area contributed by atoms with Crippen molar-refractivity contribution < 1.29 is 9.90 Å². The molecule has 20 heavy (non-hydrogen) atoms. The van der Waals surface area contributed by atoms with Crippen LogP contribution in [-0.4, -0.2) is 32.1 Å². The summed E-state index contributed by atoms with van der Waals surface area (Å²) < 4.78 is 0. The van der Waals surface area contributed by atoms with Crippen molar-refractivity contribution in [1.82, 2.24) is 15.0 Å². The molecule has 104 valence electrons. The first kappa shape index (κ1) is 13.8. The molecule has 0 unspecified atom stereocenters. The highest BCUT2D eigenvalue weighted by atomic mass is 16.4. The number of carbonyl (C=O) groups is 1. The molecule has 1 aromatic carbocycles. The molecule has 0 saturated carbocycles. The van der Waals surface area contributed by atoms with Crippen molar-refractivity contribution in [2.45, 2.75) is 12.5 Å². The normalized spacial score (nSPS) is 11.7. The third-order valence-electron chi connectivity index (χ3n) is 2.84. The minimum atomic E-state index is -0.972. The first-order chi connectivity index (χ1) is 9.68. The number of hydrogen-bond donors (Lipinski definition) is 4. The molecule has 0 saturated heterocycles. The molecular weight excluding hydrogens is 256 g/mol. The molecule has 0 amide bonds. The Hall–Kier alpha value is -2.60. The third-order valence-corrected chi connectivity index (χ3v) is 2.84. The van der Waals surface area contributed by atoms with E-state index in [2.05, 4.69) is 15.0 Å². The lowest BCUT2D eigenvalue weighted by Crippen LogP contribution is -2.32. The zero-order valence-electron chi connectivity index (χ0n) is 10.8. The van der Waals surface area contributed by atoms with Crippen LogP contribution in [0.4, 0.5) is 0 Å². The molecule has 6 nitrogen and oxygen atoms in total. The van der Waals surface area contributed by atoms with E-state index in [1.165, 1.54) is 0 Å². The second kappa shape index (κ2) is 6.53. The van der Waals surface area contributed by atoms with Gasteiger partial charge in [0.2, 0.25) is 0 Å². The standard InChI is InChI=1S/C11H12N2O2.C3H4N2/c12-9(11(14)15)5-7-6-13-10-4-2-1-3-8(7)10;1-2-5-3-4-1/h1-4,6,9,13H,5,12H2,(H,14,15);1-3H,(H,4,5)/t9-;/m0./s1. The van der Waals surface area contributed by atoms with Gasteiger partial charge in [-0.15, -0.1) is 0 Å². The lowest BCUT2D eigenvalue weighted by Gasteiger charge is -2.04. The van der Waals surface area contributed by atoms with Crippen molar-refractivity contribution in [3.05, 3.63) is 54.7 Å². The fourth-order valence-electron chi connectivity index (χ4n) is 1.84. The highest BCUT2D eigenvalue weighted by molar-refractivity contribution is 5.84. The molecule has 3 rings (SSSR count). The Labute approximate surface area is 115 Å². The predicted molar refractivity (Wildman–Crippen MR) is 76.2 cm³/mol. The van der Waals surface area contributed by atoms with E-state index in [4.69, 9.17) is 10.8 Å². The van der Waals surface area contributed by atoms with Crippen LogP contribution < -0.4 is 5.73 Å². The minimum absolute atomic E-state index is 0.347. The summed E-state index contributed by atoms with van der Waals surface area (Å²) in [6.45, 7) is 0. The molecule has 2 heterocycles. The van der Waals surface area contributed by atoms with Crippen molar-refractivity contribution in [2.75, 3.05) is 0 Å². The molecule has 5 N–H and O–H groups in total. The van der Waals surface area contributed by atoms with Crippen LogP contribution in [-0.2, 0) is 11.2 Å². The molecule has 0 aliphatic rings. The van der Waals surface area contributed by atoms with Gasteiger partial charge < -0.3 is 20.8 Å². The maximum atomic E-state index is 10.6.